The van der Waals surface area contributed by atoms with Gasteiger partial charge in [-0.05, 0) is 72.9 Å². The average molecular weight is 631 g/mol. The van der Waals surface area contributed by atoms with Crippen LogP contribution in [0.3, 0.4) is 0 Å². The molecule has 3 N–H and O–H groups in total. The second kappa shape index (κ2) is 17.9. The fourth-order valence-electron chi connectivity index (χ4n) is 5.34. The zero-order valence-electron chi connectivity index (χ0n) is 26.9. The first-order valence-electron chi connectivity index (χ1n) is 15.7. The van der Waals surface area contributed by atoms with E-state index in [0.29, 0.717) is 11.5 Å². The van der Waals surface area contributed by atoms with E-state index in [1.54, 1.807) is 6.07 Å². The second-order valence-corrected chi connectivity index (χ2v) is 12.8. The minimum absolute atomic E-state index is 0. The van der Waals surface area contributed by atoms with Crippen molar-refractivity contribution in [2.24, 2.45) is 0 Å². The number of rotatable bonds is 7. The van der Waals surface area contributed by atoms with Crippen LogP contribution >= 0.6 is 0 Å². The number of aryl methyl sites for hydroxylation is 2. The van der Waals surface area contributed by atoms with Gasteiger partial charge in [-0.15, -0.1) is 0 Å². The van der Waals surface area contributed by atoms with Crippen LogP contribution in [0.4, 0.5) is 0 Å². The molecule has 0 saturated carbocycles. The van der Waals surface area contributed by atoms with Gasteiger partial charge in [-0.3, -0.25) is 0 Å². The molecule has 0 heterocycles. The van der Waals surface area contributed by atoms with Crippen molar-refractivity contribution < 1.29 is 15.3 Å². The van der Waals surface area contributed by atoms with Gasteiger partial charge in [0.1, 0.15) is 11.5 Å². The zero-order chi connectivity index (χ0) is 32.3. The molecule has 3 heteroatoms. The van der Waals surface area contributed by atoms with E-state index >= 15 is 0 Å². The fraction of sp³-hybridized carbons (Fsp3) is 0.273. The summed E-state index contributed by atoms with van der Waals surface area (Å²) in [5.41, 5.74) is 3.05. The van der Waals surface area contributed by atoms with E-state index < -0.39 is 5.60 Å². The van der Waals surface area contributed by atoms with E-state index in [2.05, 4.69) is 62.4 Å². The lowest BCUT2D eigenvalue weighted by Gasteiger charge is -2.27. The van der Waals surface area contributed by atoms with Gasteiger partial charge >= 0.3 is 0 Å². The summed E-state index contributed by atoms with van der Waals surface area (Å²) < 4.78 is 0. The SMILES string of the molecule is C.C.CC(C)(CCc1ccccc1)c1ccc2ccccc2c1O.CC(C)(O)CCc1ccccc1.Oc1cccc2ccccc12. The number of hydrogen-bond donors (Lipinski definition) is 3. The Kier molecular flexibility index (Phi) is 14.7. The van der Waals surface area contributed by atoms with Gasteiger partial charge in [0.05, 0.1) is 5.60 Å². The van der Waals surface area contributed by atoms with Gasteiger partial charge in [-0.2, -0.15) is 0 Å². The molecule has 0 radical (unpaired) electrons. The van der Waals surface area contributed by atoms with Crippen LogP contribution in [0.15, 0.2) is 140 Å². The Hall–Kier alpha value is -4.60. The van der Waals surface area contributed by atoms with Crippen molar-refractivity contribution in [1.82, 2.24) is 0 Å². The normalized spacial score (nSPS) is 10.8. The van der Waals surface area contributed by atoms with Crippen LogP contribution in [0, 0.1) is 0 Å². The maximum Gasteiger partial charge on any atom is 0.127 e. The Labute approximate surface area is 283 Å². The Morgan fingerprint density at radius 2 is 0.915 bits per heavy atom. The number of phenols is 2. The van der Waals surface area contributed by atoms with Crippen LogP contribution in [0.5, 0.6) is 11.5 Å². The van der Waals surface area contributed by atoms with Gasteiger partial charge in [0, 0.05) is 16.3 Å². The molecule has 0 atom stereocenters. The highest BCUT2D eigenvalue weighted by Crippen LogP contribution is 2.39. The summed E-state index contributed by atoms with van der Waals surface area (Å²) in [5, 5.41) is 33.5. The van der Waals surface area contributed by atoms with Crippen molar-refractivity contribution in [2.75, 3.05) is 0 Å². The molecule has 0 spiro atoms. The molecule has 0 aliphatic rings. The molecule has 3 nitrogen and oxygen atoms in total. The molecule has 0 aromatic heterocycles. The third-order valence-corrected chi connectivity index (χ3v) is 8.15. The molecule has 6 aromatic rings. The molecule has 0 fully saturated rings. The van der Waals surface area contributed by atoms with Crippen molar-refractivity contribution in [1.29, 1.82) is 0 Å². The van der Waals surface area contributed by atoms with E-state index in [0.717, 1.165) is 52.8 Å². The summed E-state index contributed by atoms with van der Waals surface area (Å²) in [6.07, 6.45) is 3.78. The first-order valence-corrected chi connectivity index (χ1v) is 15.7. The standard InChI is InChI=1S/C21H22O.C11H16O.C10H8O.2CH4/c1-21(2,15-14-16-8-4-3-5-9-16)19-13-12-17-10-6-7-11-18(17)20(19)22;1-11(2,12)9-8-10-6-4-3-5-7-10;11-10-7-3-5-8-4-1-2-6-9(8)10;;/h3-13,22H,14-15H2,1-2H3;3-7,12H,8-9H2,1-2H3;1-7,11H;2*1H4. The Bertz CT molecular complexity index is 1760. The molecule has 0 aliphatic heterocycles. The smallest absolute Gasteiger partial charge is 0.127 e. The summed E-state index contributed by atoms with van der Waals surface area (Å²) in [6, 6.07) is 46.2. The molecule has 0 aliphatic carbocycles. The highest BCUT2D eigenvalue weighted by Gasteiger charge is 2.24. The van der Waals surface area contributed by atoms with Gasteiger partial charge in [-0.25, -0.2) is 0 Å². The summed E-state index contributed by atoms with van der Waals surface area (Å²) in [6.45, 7) is 8.10. The summed E-state index contributed by atoms with van der Waals surface area (Å²) >= 11 is 0. The van der Waals surface area contributed by atoms with Crippen LogP contribution < -0.4 is 0 Å². The predicted octanol–water partition coefficient (Wildman–Crippen LogP) is 11.7. The summed E-state index contributed by atoms with van der Waals surface area (Å²) in [7, 11) is 0. The van der Waals surface area contributed by atoms with Crippen molar-refractivity contribution in [2.45, 2.75) is 79.2 Å². The average Bonchev–Trinajstić information content (AvgIpc) is 3.05. The molecule has 6 aromatic carbocycles. The molecule has 0 amide bonds. The van der Waals surface area contributed by atoms with Gasteiger partial charge in [0.2, 0.25) is 0 Å². The van der Waals surface area contributed by atoms with Gasteiger partial charge in [-0.1, -0.05) is 162 Å². The lowest BCUT2D eigenvalue weighted by atomic mass is 9.78. The highest BCUT2D eigenvalue weighted by atomic mass is 16.3. The number of aliphatic hydroxyl groups is 1. The van der Waals surface area contributed by atoms with Gasteiger partial charge in [0.25, 0.3) is 0 Å². The molecule has 0 saturated heterocycles. The molecular formula is C44H54O3. The van der Waals surface area contributed by atoms with Crippen LogP contribution in [0.1, 0.15) is 72.1 Å². The fourth-order valence-corrected chi connectivity index (χ4v) is 5.34. The molecule has 248 valence electrons. The van der Waals surface area contributed by atoms with E-state index in [1.165, 1.54) is 11.1 Å². The van der Waals surface area contributed by atoms with Crippen LogP contribution in [0.25, 0.3) is 21.5 Å². The quantitative estimate of drug-likeness (QED) is 0.164. The summed E-state index contributed by atoms with van der Waals surface area (Å²) in [5.74, 6) is 0.777. The minimum atomic E-state index is -0.546. The number of fused-ring (bicyclic) bond motifs is 2. The van der Waals surface area contributed by atoms with E-state index in [-0.39, 0.29) is 20.3 Å². The van der Waals surface area contributed by atoms with Crippen molar-refractivity contribution in [3.05, 3.63) is 156 Å². The minimum Gasteiger partial charge on any atom is -0.507 e. The Morgan fingerprint density at radius 1 is 0.468 bits per heavy atom. The molecule has 6 rings (SSSR count). The zero-order valence-corrected chi connectivity index (χ0v) is 26.9. The van der Waals surface area contributed by atoms with E-state index in [1.807, 2.05) is 98.8 Å². The predicted molar refractivity (Wildman–Crippen MR) is 204 cm³/mol. The number of hydrogen-bond acceptors (Lipinski definition) is 3. The molecular weight excluding hydrogens is 576 g/mol. The first kappa shape index (κ1) is 38.6. The molecule has 0 unspecified atom stereocenters. The molecule has 0 bridgehead atoms. The van der Waals surface area contributed by atoms with E-state index in [9.17, 15) is 15.3 Å². The number of phenolic OH excluding ortho intramolecular Hbond substituents is 2. The highest BCUT2D eigenvalue weighted by molar-refractivity contribution is 5.89. The maximum absolute atomic E-state index is 10.7. The van der Waals surface area contributed by atoms with E-state index in [4.69, 9.17) is 0 Å². The van der Waals surface area contributed by atoms with Crippen LogP contribution in [-0.2, 0) is 18.3 Å². The summed E-state index contributed by atoms with van der Waals surface area (Å²) in [4.78, 5) is 0. The number of aromatic hydroxyl groups is 2. The Balaban J connectivity index is 0.000000262. The van der Waals surface area contributed by atoms with Crippen molar-refractivity contribution in [3.63, 3.8) is 0 Å². The lowest BCUT2D eigenvalue weighted by molar-refractivity contribution is 0.0714. The topological polar surface area (TPSA) is 60.7 Å². The van der Waals surface area contributed by atoms with Crippen LogP contribution in [0.2, 0.25) is 0 Å². The largest absolute Gasteiger partial charge is 0.507 e. The maximum atomic E-state index is 10.7. The van der Waals surface area contributed by atoms with Gasteiger partial charge in [0.15, 0.2) is 0 Å². The van der Waals surface area contributed by atoms with Gasteiger partial charge < -0.3 is 15.3 Å². The second-order valence-electron chi connectivity index (χ2n) is 12.8. The van der Waals surface area contributed by atoms with Crippen molar-refractivity contribution in [3.8, 4) is 11.5 Å². The first-order chi connectivity index (χ1) is 21.5. The van der Waals surface area contributed by atoms with Crippen molar-refractivity contribution >= 4 is 21.5 Å². The molecule has 47 heavy (non-hydrogen) atoms. The number of benzene rings is 6. The lowest BCUT2D eigenvalue weighted by Crippen LogP contribution is -2.19. The third kappa shape index (κ3) is 11.6. The monoisotopic (exact) mass is 630 g/mol. The third-order valence-electron chi connectivity index (χ3n) is 8.15. The van der Waals surface area contributed by atoms with Crippen LogP contribution in [-0.4, -0.2) is 20.9 Å². The Morgan fingerprint density at radius 3 is 1.45 bits per heavy atom.